The fraction of sp³-hybridized carbons (Fsp3) is 0.154. The molecule has 9 nitrogen and oxygen atoms in total. The third kappa shape index (κ3) is 4.93. The summed E-state index contributed by atoms with van der Waals surface area (Å²) in [5.41, 5.74) is 11.5. The standard InChI is InChI=1S/C26H22ClF2N7O2/c1-13-3-6-22-21(7-13)33-26(36(22)34-23(37)11-30)31-12-16-5-4-15(8-19(16)28)18-9-17(27)10-20(29)24(18)25-32-14(2)38-35-25/h3-10H,11-12,30H2,1-2H3,(H,31,33)(H,34,37). The summed E-state index contributed by atoms with van der Waals surface area (Å²) in [5, 5.41) is 7.01. The highest BCUT2D eigenvalue weighted by molar-refractivity contribution is 6.31. The summed E-state index contributed by atoms with van der Waals surface area (Å²) in [4.78, 5) is 20.6. The molecule has 4 N–H and O–H groups in total. The first-order valence-electron chi connectivity index (χ1n) is 11.5. The highest BCUT2D eigenvalue weighted by atomic mass is 35.5. The van der Waals surface area contributed by atoms with Gasteiger partial charge in [0.25, 0.3) is 5.91 Å². The van der Waals surface area contributed by atoms with E-state index in [1.807, 2.05) is 25.1 Å². The lowest BCUT2D eigenvalue weighted by Crippen LogP contribution is -2.30. The molecular formula is C26H22ClF2N7O2. The second-order valence-electron chi connectivity index (χ2n) is 8.61. The van der Waals surface area contributed by atoms with Crippen molar-refractivity contribution < 1.29 is 18.1 Å². The minimum atomic E-state index is -0.659. The zero-order valence-corrected chi connectivity index (χ0v) is 21.1. The molecule has 1 amide bonds. The molecule has 0 aliphatic carbocycles. The number of carbonyl (C=O) groups excluding carboxylic acids is 1. The van der Waals surface area contributed by atoms with Gasteiger partial charge in [0.05, 0.1) is 23.1 Å². The van der Waals surface area contributed by atoms with Crippen LogP contribution in [0.5, 0.6) is 0 Å². The topological polar surface area (TPSA) is 124 Å². The van der Waals surface area contributed by atoms with Crippen LogP contribution in [-0.2, 0) is 11.3 Å². The van der Waals surface area contributed by atoms with E-state index in [-0.39, 0.29) is 35.4 Å². The highest BCUT2D eigenvalue weighted by Crippen LogP contribution is 2.36. The Morgan fingerprint density at radius 3 is 2.61 bits per heavy atom. The fourth-order valence-corrected chi connectivity index (χ4v) is 4.26. The van der Waals surface area contributed by atoms with E-state index >= 15 is 4.39 Å². The van der Waals surface area contributed by atoms with Crippen molar-refractivity contribution in [2.45, 2.75) is 20.4 Å². The summed E-state index contributed by atoms with van der Waals surface area (Å²) < 4.78 is 36.6. The zero-order chi connectivity index (χ0) is 27.0. The number of nitrogens with two attached hydrogens (primary N) is 1. The molecule has 2 heterocycles. The Kier molecular flexibility index (Phi) is 6.79. The maximum atomic E-state index is 15.3. The molecule has 38 heavy (non-hydrogen) atoms. The minimum Gasteiger partial charge on any atom is -0.350 e. The molecule has 0 saturated carbocycles. The molecule has 5 aromatic rings. The van der Waals surface area contributed by atoms with Crippen LogP contribution in [0, 0.1) is 25.5 Å². The first-order chi connectivity index (χ1) is 18.2. The van der Waals surface area contributed by atoms with E-state index in [1.165, 1.54) is 16.8 Å². The van der Waals surface area contributed by atoms with Gasteiger partial charge in [0.15, 0.2) is 0 Å². The molecule has 0 unspecified atom stereocenters. The molecule has 12 heteroatoms. The van der Waals surface area contributed by atoms with E-state index in [2.05, 4.69) is 25.9 Å². The Balaban J connectivity index is 1.46. The first-order valence-corrected chi connectivity index (χ1v) is 11.9. The maximum absolute atomic E-state index is 15.3. The van der Waals surface area contributed by atoms with Gasteiger partial charge < -0.3 is 15.6 Å². The molecule has 0 fully saturated rings. The summed E-state index contributed by atoms with van der Waals surface area (Å²) in [6, 6.07) is 12.7. The number of aromatic nitrogens is 4. The second-order valence-corrected chi connectivity index (χ2v) is 9.05. The average molecular weight is 538 g/mol. The molecule has 194 valence electrons. The fourth-order valence-electron chi connectivity index (χ4n) is 4.05. The molecule has 0 aliphatic rings. The maximum Gasteiger partial charge on any atom is 0.252 e. The van der Waals surface area contributed by atoms with E-state index in [0.29, 0.717) is 33.7 Å². The number of carbonyl (C=O) groups is 1. The lowest BCUT2D eigenvalue weighted by atomic mass is 9.97. The zero-order valence-electron chi connectivity index (χ0n) is 20.3. The quantitative estimate of drug-likeness (QED) is 0.268. The second kappa shape index (κ2) is 10.2. The lowest BCUT2D eigenvalue weighted by Gasteiger charge is -2.13. The number of nitrogens with zero attached hydrogens (tertiary/aromatic N) is 4. The molecule has 5 rings (SSSR count). The van der Waals surface area contributed by atoms with Gasteiger partial charge in [0, 0.05) is 24.1 Å². The van der Waals surface area contributed by atoms with Crippen LogP contribution in [0.15, 0.2) is 53.1 Å². The van der Waals surface area contributed by atoms with Crippen LogP contribution >= 0.6 is 11.6 Å². The number of fused-ring (bicyclic) bond motifs is 1. The minimum absolute atomic E-state index is 0.0338. The van der Waals surface area contributed by atoms with Crippen LogP contribution in [0.25, 0.3) is 33.5 Å². The smallest absolute Gasteiger partial charge is 0.252 e. The predicted molar refractivity (Wildman–Crippen MR) is 140 cm³/mol. The molecule has 0 spiro atoms. The van der Waals surface area contributed by atoms with Crippen LogP contribution < -0.4 is 16.5 Å². The van der Waals surface area contributed by atoms with Gasteiger partial charge in [-0.15, -0.1) is 0 Å². The van der Waals surface area contributed by atoms with Gasteiger partial charge >= 0.3 is 0 Å². The summed E-state index contributed by atoms with van der Waals surface area (Å²) >= 11 is 6.10. The van der Waals surface area contributed by atoms with Crippen molar-refractivity contribution in [3.63, 3.8) is 0 Å². The van der Waals surface area contributed by atoms with Gasteiger partial charge in [0.1, 0.15) is 11.6 Å². The largest absolute Gasteiger partial charge is 0.350 e. The summed E-state index contributed by atoms with van der Waals surface area (Å²) in [6.07, 6.45) is 0. The molecular weight excluding hydrogens is 516 g/mol. The van der Waals surface area contributed by atoms with E-state index < -0.39 is 17.5 Å². The number of nitrogens with one attached hydrogen (secondary N) is 2. The number of rotatable bonds is 7. The third-order valence-corrected chi connectivity index (χ3v) is 6.06. The number of imidazole rings is 1. The molecule has 0 saturated heterocycles. The normalized spacial score (nSPS) is 11.2. The summed E-state index contributed by atoms with van der Waals surface area (Å²) in [5.74, 6) is -1.01. The van der Waals surface area contributed by atoms with Gasteiger partial charge in [-0.2, -0.15) is 4.98 Å². The molecule has 2 aromatic heterocycles. The number of halogens is 3. The molecule has 3 aromatic carbocycles. The van der Waals surface area contributed by atoms with E-state index in [0.717, 1.165) is 11.6 Å². The highest BCUT2D eigenvalue weighted by Gasteiger charge is 2.20. The van der Waals surface area contributed by atoms with Crippen LogP contribution in [-0.4, -0.2) is 32.3 Å². The monoisotopic (exact) mass is 537 g/mol. The SMILES string of the molecule is Cc1ccc2c(c1)nc(NCc1ccc(-c3cc(Cl)cc(F)c3-c3noc(C)n3)cc1F)n2NC(=O)CN. The summed E-state index contributed by atoms with van der Waals surface area (Å²) in [6.45, 7) is 3.35. The first kappa shape index (κ1) is 25.3. The van der Waals surface area contributed by atoms with Gasteiger partial charge in [-0.1, -0.05) is 35.0 Å². The number of hydrogen-bond acceptors (Lipinski definition) is 7. The Morgan fingerprint density at radius 2 is 1.89 bits per heavy atom. The van der Waals surface area contributed by atoms with Crippen LogP contribution in [0.4, 0.5) is 14.7 Å². The van der Waals surface area contributed by atoms with Gasteiger partial charge in [-0.05, 0) is 53.9 Å². The van der Waals surface area contributed by atoms with Crippen LogP contribution in [0.3, 0.4) is 0 Å². The number of anilines is 1. The number of aryl methyl sites for hydroxylation is 2. The number of hydrogen-bond donors (Lipinski definition) is 3. The van der Waals surface area contributed by atoms with Crippen molar-refractivity contribution in [3.8, 4) is 22.5 Å². The Bertz CT molecular complexity index is 1680. The van der Waals surface area contributed by atoms with E-state index in [4.69, 9.17) is 21.9 Å². The van der Waals surface area contributed by atoms with Gasteiger partial charge in [-0.3, -0.25) is 10.2 Å². The van der Waals surface area contributed by atoms with Crippen molar-refractivity contribution in [1.82, 2.24) is 19.8 Å². The Hall–Kier alpha value is -4.35. The summed E-state index contributed by atoms with van der Waals surface area (Å²) in [7, 11) is 0. The van der Waals surface area contributed by atoms with Crippen molar-refractivity contribution in [2.75, 3.05) is 17.3 Å². The van der Waals surface area contributed by atoms with Crippen LogP contribution in [0.2, 0.25) is 5.02 Å². The van der Waals surface area contributed by atoms with Crippen molar-refractivity contribution in [1.29, 1.82) is 0 Å². The lowest BCUT2D eigenvalue weighted by molar-refractivity contribution is -0.115. The predicted octanol–water partition coefficient (Wildman–Crippen LogP) is 4.94. The number of amides is 1. The average Bonchev–Trinajstić information content (AvgIpc) is 3.45. The van der Waals surface area contributed by atoms with Crippen molar-refractivity contribution in [2.24, 2.45) is 5.73 Å². The molecule has 0 aliphatic heterocycles. The Labute approximate surface area is 220 Å². The van der Waals surface area contributed by atoms with Gasteiger partial charge in [0.2, 0.25) is 17.7 Å². The van der Waals surface area contributed by atoms with Crippen LogP contribution in [0.1, 0.15) is 17.0 Å². The number of benzene rings is 3. The molecule has 0 radical (unpaired) electrons. The Morgan fingerprint density at radius 1 is 1.08 bits per heavy atom. The molecule has 0 bridgehead atoms. The van der Waals surface area contributed by atoms with Crippen molar-refractivity contribution >= 4 is 34.5 Å². The molecule has 0 atom stereocenters. The third-order valence-electron chi connectivity index (χ3n) is 5.84. The van der Waals surface area contributed by atoms with Crippen molar-refractivity contribution in [3.05, 3.63) is 82.2 Å². The van der Waals surface area contributed by atoms with E-state index in [1.54, 1.807) is 19.1 Å². The van der Waals surface area contributed by atoms with Gasteiger partial charge in [-0.25, -0.2) is 18.4 Å². The van der Waals surface area contributed by atoms with E-state index in [9.17, 15) is 9.18 Å².